The third-order valence-corrected chi connectivity index (χ3v) is 4.75. The van der Waals surface area contributed by atoms with E-state index in [0.29, 0.717) is 5.69 Å². The zero-order valence-corrected chi connectivity index (χ0v) is 14.4. The first-order chi connectivity index (χ1) is 12.7. The molecule has 0 aliphatic carbocycles. The summed E-state index contributed by atoms with van der Waals surface area (Å²) in [6.07, 6.45) is 0.166. The number of rotatable bonds is 4. The summed E-state index contributed by atoms with van der Waals surface area (Å²) in [4.78, 5) is 28.5. The van der Waals surface area contributed by atoms with Crippen LogP contribution in [0.2, 0.25) is 0 Å². The summed E-state index contributed by atoms with van der Waals surface area (Å²) in [5.41, 5.74) is 2.59. The second-order valence-corrected chi connectivity index (χ2v) is 6.45. The number of carbonyl (C=O) groups is 2. The number of nitrogens with one attached hydrogen (secondary N) is 1. The maximum absolute atomic E-state index is 12.7. The minimum absolute atomic E-state index is 0.166. The number of ether oxygens (including phenoxy) is 1. The van der Waals surface area contributed by atoms with Gasteiger partial charge in [-0.25, -0.2) is 4.90 Å². The summed E-state index contributed by atoms with van der Waals surface area (Å²) >= 11 is 0. The molecule has 2 saturated heterocycles. The van der Waals surface area contributed by atoms with Crippen LogP contribution in [0.4, 0.5) is 17.1 Å². The fraction of sp³-hybridized carbons (Fsp3) is 0.300. The van der Waals surface area contributed by atoms with Gasteiger partial charge in [-0.15, -0.1) is 0 Å². The van der Waals surface area contributed by atoms with Gasteiger partial charge in [-0.1, -0.05) is 18.2 Å². The van der Waals surface area contributed by atoms with E-state index in [4.69, 9.17) is 4.74 Å². The highest BCUT2D eigenvalue weighted by molar-refractivity contribution is 6.23. The lowest BCUT2D eigenvalue weighted by atomic mass is 10.2. The van der Waals surface area contributed by atoms with E-state index in [2.05, 4.69) is 10.2 Å². The second-order valence-electron chi connectivity index (χ2n) is 6.45. The van der Waals surface area contributed by atoms with E-state index in [1.54, 1.807) is 12.1 Å². The largest absolute Gasteiger partial charge is 0.378 e. The zero-order valence-electron chi connectivity index (χ0n) is 14.4. The molecule has 0 spiro atoms. The van der Waals surface area contributed by atoms with Gasteiger partial charge in [0.25, 0.3) is 5.91 Å². The van der Waals surface area contributed by atoms with Crippen molar-refractivity contribution in [1.82, 2.24) is 0 Å². The van der Waals surface area contributed by atoms with Crippen molar-refractivity contribution in [3.8, 4) is 0 Å². The van der Waals surface area contributed by atoms with E-state index in [0.717, 1.165) is 37.7 Å². The Balaban J connectivity index is 1.44. The second kappa shape index (κ2) is 7.17. The van der Waals surface area contributed by atoms with Gasteiger partial charge in [-0.05, 0) is 36.4 Å². The molecule has 0 unspecified atom stereocenters. The number of nitrogens with zero attached hydrogens (tertiary/aromatic N) is 2. The maximum atomic E-state index is 12.7. The van der Waals surface area contributed by atoms with Crippen LogP contribution in [-0.4, -0.2) is 44.2 Å². The molecule has 2 aromatic rings. The van der Waals surface area contributed by atoms with Crippen LogP contribution in [0.15, 0.2) is 54.6 Å². The van der Waals surface area contributed by atoms with Crippen LogP contribution >= 0.6 is 0 Å². The highest BCUT2D eigenvalue weighted by atomic mass is 16.5. The number of imide groups is 1. The molecular weight excluding hydrogens is 330 g/mol. The van der Waals surface area contributed by atoms with Crippen molar-refractivity contribution < 1.29 is 14.3 Å². The Bertz CT molecular complexity index is 786. The van der Waals surface area contributed by atoms with E-state index in [1.807, 2.05) is 42.5 Å². The Morgan fingerprint density at radius 2 is 1.58 bits per heavy atom. The number of hydrogen-bond acceptors (Lipinski definition) is 5. The van der Waals surface area contributed by atoms with Crippen molar-refractivity contribution in [1.29, 1.82) is 0 Å². The van der Waals surface area contributed by atoms with E-state index in [-0.39, 0.29) is 18.2 Å². The molecule has 0 radical (unpaired) electrons. The molecule has 134 valence electrons. The smallest absolute Gasteiger partial charge is 0.256 e. The molecule has 2 aliphatic heterocycles. The number of carbonyl (C=O) groups excluding carboxylic acids is 2. The highest BCUT2D eigenvalue weighted by Crippen LogP contribution is 2.26. The lowest BCUT2D eigenvalue weighted by Gasteiger charge is -2.29. The lowest BCUT2D eigenvalue weighted by Crippen LogP contribution is -2.36. The van der Waals surface area contributed by atoms with Gasteiger partial charge in [0.1, 0.15) is 6.04 Å². The summed E-state index contributed by atoms with van der Waals surface area (Å²) in [7, 11) is 0. The summed E-state index contributed by atoms with van der Waals surface area (Å²) in [6.45, 7) is 3.25. The Kier molecular flexibility index (Phi) is 4.58. The Morgan fingerprint density at radius 1 is 0.885 bits per heavy atom. The van der Waals surface area contributed by atoms with Crippen LogP contribution < -0.4 is 15.1 Å². The third-order valence-electron chi connectivity index (χ3n) is 4.75. The molecule has 0 saturated carbocycles. The van der Waals surface area contributed by atoms with Crippen LogP contribution in [-0.2, 0) is 14.3 Å². The molecule has 4 rings (SSSR count). The van der Waals surface area contributed by atoms with Crippen molar-refractivity contribution in [3.05, 3.63) is 54.6 Å². The fourth-order valence-electron chi connectivity index (χ4n) is 3.38. The predicted octanol–water partition coefficient (Wildman–Crippen LogP) is 2.27. The van der Waals surface area contributed by atoms with Gasteiger partial charge in [0.15, 0.2) is 0 Å². The zero-order chi connectivity index (χ0) is 17.9. The van der Waals surface area contributed by atoms with Gasteiger partial charge in [0.05, 0.1) is 25.3 Å². The fourth-order valence-corrected chi connectivity index (χ4v) is 3.38. The van der Waals surface area contributed by atoms with Gasteiger partial charge in [-0.2, -0.15) is 0 Å². The minimum Gasteiger partial charge on any atom is -0.378 e. The molecule has 26 heavy (non-hydrogen) atoms. The molecule has 0 bridgehead atoms. The number of amides is 2. The Hall–Kier alpha value is -2.86. The van der Waals surface area contributed by atoms with Crippen molar-refractivity contribution in [2.45, 2.75) is 12.5 Å². The lowest BCUT2D eigenvalue weighted by molar-refractivity contribution is -0.121. The highest BCUT2D eigenvalue weighted by Gasteiger charge is 2.39. The summed E-state index contributed by atoms with van der Waals surface area (Å²) < 4.78 is 5.37. The number of hydrogen-bond donors (Lipinski definition) is 1. The molecule has 2 aromatic carbocycles. The maximum Gasteiger partial charge on any atom is 0.256 e. The number of para-hydroxylation sites is 1. The first kappa shape index (κ1) is 16.6. The van der Waals surface area contributed by atoms with Gasteiger partial charge in [-0.3, -0.25) is 9.59 Å². The molecule has 1 atom stereocenters. The Labute approximate surface area is 152 Å². The van der Waals surface area contributed by atoms with E-state index >= 15 is 0 Å². The van der Waals surface area contributed by atoms with Crippen molar-refractivity contribution >= 4 is 28.9 Å². The van der Waals surface area contributed by atoms with Crippen LogP contribution in [0.25, 0.3) is 0 Å². The summed E-state index contributed by atoms with van der Waals surface area (Å²) in [6, 6.07) is 16.5. The normalized spacial score (nSPS) is 20.5. The molecule has 2 amide bonds. The standard InChI is InChI=1S/C20H21N3O3/c24-19-14-18(20(25)23(19)17-4-2-1-3-5-17)21-15-6-8-16(9-7-15)22-10-12-26-13-11-22/h1-9,18,21H,10-14H2/t18-/m0/s1. The van der Waals surface area contributed by atoms with Crippen LogP contribution in [0.3, 0.4) is 0 Å². The average Bonchev–Trinajstić information content (AvgIpc) is 2.97. The van der Waals surface area contributed by atoms with Crippen LogP contribution in [0, 0.1) is 0 Å². The molecule has 0 aromatic heterocycles. The molecule has 2 heterocycles. The van der Waals surface area contributed by atoms with Gasteiger partial charge in [0.2, 0.25) is 5.91 Å². The van der Waals surface area contributed by atoms with E-state index < -0.39 is 6.04 Å². The van der Waals surface area contributed by atoms with Crippen molar-refractivity contribution in [2.24, 2.45) is 0 Å². The quantitative estimate of drug-likeness (QED) is 0.856. The van der Waals surface area contributed by atoms with Crippen molar-refractivity contribution in [2.75, 3.05) is 41.4 Å². The summed E-state index contributed by atoms with van der Waals surface area (Å²) in [5.74, 6) is -0.387. The molecular formula is C20H21N3O3. The first-order valence-corrected chi connectivity index (χ1v) is 8.83. The molecule has 1 N–H and O–H groups in total. The number of anilines is 3. The Morgan fingerprint density at radius 3 is 2.27 bits per heavy atom. The third kappa shape index (κ3) is 3.28. The van der Waals surface area contributed by atoms with Crippen LogP contribution in [0.1, 0.15) is 6.42 Å². The monoisotopic (exact) mass is 351 g/mol. The first-order valence-electron chi connectivity index (χ1n) is 8.83. The molecule has 6 nitrogen and oxygen atoms in total. The molecule has 2 fully saturated rings. The van der Waals surface area contributed by atoms with E-state index in [9.17, 15) is 9.59 Å². The topological polar surface area (TPSA) is 61.9 Å². The molecule has 2 aliphatic rings. The molecule has 6 heteroatoms. The van der Waals surface area contributed by atoms with Gasteiger partial charge >= 0.3 is 0 Å². The predicted molar refractivity (Wildman–Crippen MR) is 100 cm³/mol. The van der Waals surface area contributed by atoms with Crippen LogP contribution in [0.5, 0.6) is 0 Å². The number of morpholine rings is 1. The van der Waals surface area contributed by atoms with E-state index in [1.165, 1.54) is 4.90 Å². The SMILES string of the molecule is O=C1C[C@H](Nc2ccc(N3CCOCC3)cc2)C(=O)N1c1ccccc1. The minimum atomic E-state index is -0.531. The van der Waals surface area contributed by atoms with Gasteiger partial charge < -0.3 is 15.0 Å². The number of benzene rings is 2. The van der Waals surface area contributed by atoms with Crippen molar-refractivity contribution in [3.63, 3.8) is 0 Å². The average molecular weight is 351 g/mol. The summed E-state index contributed by atoms with van der Waals surface area (Å²) in [5, 5.41) is 3.20. The van der Waals surface area contributed by atoms with Gasteiger partial charge in [0, 0.05) is 24.5 Å².